The predicted molar refractivity (Wildman–Crippen MR) is 72.6 cm³/mol. The van der Waals surface area contributed by atoms with Crippen LogP contribution in [-0.2, 0) is 10.2 Å². The highest BCUT2D eigenvalue weighted by molar-refractivity contribution is 7.90. The van der Waals surface area contributed by atoms with Crippen LogP contribution in [0.1, 0.15) is 19.3 Å². The number of phenolic OH excluding ortho intramolecular Hbond substituents is 1. The van der Waals surface area contributed by atoms with Gasteiger partial charge in [-0.15, -0.1) is 0 Å². The van der Waals surface area contributed by atoms with Crippen LogP contribution in [-0.4, -0.2) is 38.0 Å². The van der Waals surface area contributed by atoms with E-state index >= 15 is 0 Å². The number of nitrogens with zero attached hydrogens (tertiary/aromatic N) is 1. The molecule has 1 heterocycles. The minimum Gasteiger partial charge on any atom is -0.506 e. The van der Waals surface area contributed by atoms with Crippen LogP contribution in [0.5, 0.6) is 11.5 Å². The molecule has 0 bridgehead atoms. The Kier molecular flexibility index (Phi) is 4.16. The predicted octanol–water partition coefficient (Wildman–Crippen LogP) is 1.54. The smallest absolute Gasteiger partial charge is 0.301 e. The molecule has 106 valence electrons. The lowest BCUT2D eigenvalue weighted by Crippen LogP contribution is -2.39. The quantitative estimate of drug-likeness (QED) is 0.823. The summed E-state index contributed by atoms with van der Waals surface area (Å²) in [7, 11) is -2.13. The van der Waals surface area contributed by atoms with Gasteiger partial charge in [0.2, 0.25) is 0 Å². The van der Waals surface area contributed by atoms with E-state index in [1.165, 1.54) is 23.5 Å². The van der Waals surface area contributed by atoms with Gasteiger partial charge in [-0.1, -0.05) is 6.42 Å². The van der Waals surface area contributed by atoms with Crippen LogP contribution in [0.25, 0.3) is 0 Å². The van der Waals surface area contributed by atoms with Crippen LogP contribution in [0, 0.1) is 0 Å². The highest BCUT2D eigenvalue weighted by atomic mass is 32.2. The maximum atomic E-state index is 12.2. The van der Waals surface area contributed by atoms with Crippen LogP contribution in [0.15, 0.2) is 18.2 Å². The van der Waals surface area contributed by atoms with E-state index in [-0.39, 0.29) is 11.4 Å². The van der Waals surface area contributed by atoms with Gasteiger partial charge in [0.15, 0.2) is 0 Å². The van der Waals surface area contributed by atoms with Crippen molar-refractivity contribution in [1.82, 2.24) is 4.31 Å². The van der Waals surface area contributed by atoms with Gasteiger partial charge in [0, 0.05) is 19.2 Å². The molecule has 1 aliphatic rings. The number of rotatable bonds is 4. The first kappa shape index (κ1) is 14.0. The number of ether oxygens (including phenoxy) is 1. The van der Waals surface area contributed by atoms with Crippen molar-refractivity contribution >= 4 is 15.9 Å². The zero-order valence-electron chi connectivity index (χ0n) is 10.8. The van der Waals surface area contributed by atoms with Crippen LogP contribution in [0.2, 0.25) is 0 Å². The first-order valence-corrected chi connectivity index (χ1v) is 7.62. The van der Waals surface area contributed by atoms with E-state index in [1.54, 1.807) is 6.07 Å². The summed E-state index contributed by atoms with van der Waals surface area (Å²) in [5.41, 5.74) is 0.130. The number of aromatic hydroxyl groups is 1. The van der Waals surface area contributed by atoms with E-state index < -0.39 is 10.2 Å². The Morgan fingerprint density at radius 3 is 2.58 bits per heavy atom. The van der Waals surface area contributed by atoms with Crippen molar-refractivity contribution in [2.45, 2.75) is 19.3 Å². The van der Waals surface area contributed by atoms with E-state index in [9.17, 15) is 13.5 Å². The third-order valence-electron chi connectivity index (χ3n) is 3.10. The molecule has 0 aliphatic carbocycles. The van der Waals surface area contributed by atoms with Crippen molar-refractivity contribution in [2.24, 2.45) is 0 Å². The molecule has 1 aromatic rings. The van der Waals surface area contributed by atoms with E-state index in [2.05, 4.69) is 4.72 Å². The van der Waals surface area contributed by atoms with Gasteiger partial charge >= 0.3 is 10.2 Å². The largest absolute Gasteiger partial charge is 0.506 e. The Balaban J connectivity index is 2.19. The summed E-state index contributed by atoms with van der Waals surface area (Å²) in [5.74, 6) is 0.357. The number of hydrogen-bond acceptors (Lipinski definition) is 4. The second kappa shape index (κ2) is 5.66. The van der Waals surface area contributed by atoms with Crippen LogP contribution < -0.4 is 9.46 Å². The monoisotopic (exact) mass is 286 g/mol. The average Bonchev–Trinajstić information content (AvgIpc) is 2.42. The number of piperidine rings is 1. The summed E-state index contributed by atoms with van der Waals surface area (Å²) in [4.78, 5) is 0. The molecule has 0 aromatic heterocycles. The van der Waals surface area contributed by atoms with E-state index in [0.717, 1.165) is 19.3 Å². The molecule has 0 unspecified atom stereocenters. The number of benzene rings is 1. The molecule has 0 atom stereocenters. The van der Waals surface area contributed by atoms with Gasteiger partial charge in [-0.25, -0.2) is 0 Å². The zero-order valence-corrected chi connectivity index (χ0v) is 11.6. The maximum absolute atomic E-state index is 12.2. The molecule has 0 spiro atoms. The number of phenols is 1. The minimum absolute atomic E-state index is 0.124. The second-order valence-electron chi connectivity index (χ2n) is 4.45. The lowest BCUT2D eigenvalue weighted by molar-refractivity contribution is 0.349. The lowest BCUT2D eigenvalue weighted by Gasteiger charge is -2.26. The van der Waals surface area contributed by atoms with Gasteiger partial charge < -0.3 is 9.84 Å². The highest BCUT2D eigenvalue weighted by Gasteiger charge is 2.24. The average molecular weight is 286 g/mol. The van der Waals surface area contributed by atoms with Crippen LogP contribution in [0.3, 0.4) is 0 Å². The molecule has 6 nitrogen and oxygen atoms in total. The first-order valence-electron chi connectivity index (χ1n) is 6.18. The Morgan fingerprint density at radius 2 is 1.95 bits per heavy atom. The normalized spacial score (nSPS) is 17.1. The van der Waals surface area contributed by atoms with Gasteiger partial charge in [-0.2, -0.15) is 12.7 Å². The summed E-state index contributed by atoms with van der Waals surface area (Å²) in [6.45, 7) is 1.03. The molecular weight excluding hydrogens is 268 g/mol. The third kappa shape index (κ3) is 3.30. The first-order chi connectivity index (χ1) is 9.03. The number of methoxy groups -OCH3 is 1. The minimum atomic E-state index is -3.62. The molecule has 2 rings (SSSR count). The van der Waals surface area contributed by atoms with Gasteiger partial charge in [-0.3, -0.25) is 4.72 Å². The highest BCUT2D eigenvalue weighted by Crippen LogP contribution is 2.29. The number of nitrogens with one attached hydrogen (secondary N) is 1. The standard InChI is InChI=1S/C12H18N2O4S/c1-18-10-5-6-12(15)11(9-10)13-19(16,17)14-7-3-2-4-8-14/h5-6,9,13,15H,2-4,7-8H2,1H3. The fourth-order valence-electron chi connectivity index (χ4n) is 2.03. The number of anilines is 1. The van der Waals surface area contributed by atoms with Gasteiger partial charge in [-0.05, 0) is 25.0 Å². The Morgan fingerprint density at radius 1 is 1.26 bits per heavy atom. The fraction of sp³-hybridized carbons (Fsp3) is 0.500. The summed E-state index contributed by atoms with van der Waals surface area (Å²) < 4.78 is 33.1. The second-order valence-corrected chi connectivity index (χ2v) is 6.12. The van der Waals surface area contributed by atoms with E-state index in [1.807, 2.05) is 0 Å². The van der Waals surface area contributed by atoms with Crippen molar-refractivity contribution in [3.8, 4) is 11.5 Å². The van der Waals surface area contributed by atoms with Crippen LogP contribution in [0.4, 0.5) is 5.69 Å². The molecule has 2 N–H and O–H groups in total. The van der Waals surface area contributed by atoms with Crippen molar-refractivity contribution in [2.75, 3.05) is 24.9 Å². The maximum Gasteiger partial charge on any atom is 0.301 e. The fourth-order valence-corrected chi connectivity index (χ4v) is 3.34. The molecule has 19 heavy (non-hydrogen) atoms. The van der Waals surface area contributed by atoms with E-state index in [0.29, 0.717) is 18.8 Å². The van der Waals surface area contributed by atoms with Crippen molar-refractivity contribution in [1.29, 1.82) is 0 Å². The number of hydrogen-bond donors (Lipinski definition) is 2. The summed E-state index contributed by atoms with van der Waals surface area (Å²) in [5, 5.41) is 9.69. The molecule has 0 saturated carbocycles. The van der Waals surface area contributed by atoms with E-state index in [4.69, 9.17) is 4.74 Å². The van der Waals surface area contributed by atoms with Crippen molar-refractivity contribution in [3.63, 3.8) is 0 Å². The van der Waals surface area contributed by atoms with Crippen LogP contribution >= 0.6 is 0 Å². The van der Waals surface area contributed by atoms with Gasteiger partial charge in [0.25, 0.3) is 0 Å². The molecule has 1 aromatic carbocycles. The van der Waals surface area contributed by atoms with Gasteiger partial charge in [0.05, 0.1) is 12.8 Å². The molecule has 0 radical (unpaired) electrons. The Hall–Kier alpha value is -1.47. The lowest BCUT2D eigenvalue weighted by atomic mass is 10.2. The Bertz CT molecular complexity index is 539. The zero-order chi connectivity index (χ0) is 13.9. The molecule has 1 fully saturated rings. The van der Waals surface area contributed by atoms with Crippen molar-refractivity contribution in [3.05, 3.63) is 18.2 Å². The molecule has 1 aliphatic heterocycles. The molecule has 0 amide bonds. The SMILES string of the molecule is COc1ccc(O)c(NS(=O)(=O)N2CCCCC2)c1. The third-order valence-corrected chi connectivity index (χ3v) is 4.62. The molecule has 7 heteroatoms. The summed E-state index contributed by atoms with van der Waals surface area (Å²) >= 11 is 0. The topological polar surface area (TPSA) is 78.9 Å². The summed E-state index contributed by atoms with van der Waals surface area (Å²) in [6.07, 6.45) is 2.78. The van der Waals surface area contributed by atoms with Gasteiger partial charge in [0.1, 0.15) is 11.5 Å². The Labute approximate surface area is 113 Å². The molecule has 1 saturated heterocycles. The van der Waals surface area contributed by atoms with Crippen molar-refractivity contribution < 1.29 is 18.3 Å². The molecular formula is C12H18N2O4S. The summed E-state index contributed by atoms with van der Waals surface area (Å²) in [6, 6.07) is 4.41.